The number of nitrogens with zero attached hydrogens (tertiary/aromatic N) is 4. The zero-order valence-electron chi connectivity index (χ0n) is 13.6. The largest absolute Gasteiger partial charge is 0.366 e. The highest BCUT2D eigenvalue weighted by Crippen LogP contribution is 2.22. The zero-order chi connectivity index (χ0) is 16.2. The molecule has 7 heteroatoms. The van der Waals surface area contributed by atoms with Crippen molar-refractivity contribution < 1.29 is 4.79 Å². The number of halogens is 1. The minimum absolute atomic E-state index is 0.207. The number of urea groups is 1. The van der Waals surface area contributed by atoms with Crippen LogP contribution >= 0.6 is 11.6 Å². The molecule has 6 nitrogen and oxygen atoms in total. The van der Waals surface area contributed by atoms with E-state index < -0.39 is 0 Å². The molecule has 1 aromatic heterocycles. The van der Waals surface area contributed by atoms with E-state index in [2.05, 4.69) is 15.3 Å². The number of amides is 2. The van der Waals surface area contributed by atoms with E-state index >= 15 is 0 Å². The normalized spacial score (nSPS) is 19.7. The van der Waals surface area contributed by atoms with Gasteiger partial charge in [0.2, 0.25) is 0 Å². The van der Waals surface area contributed by atoms with E-state index in [9.17, 15) is 4.79 Å². The van der Waals surface area contributed by atoms with Crippen LogP contribution in [0.2, 0.25) is 5.02 Å². The number of carbonyl (C=O) groups excluding carboxylic acids is 1. The van der Waals surface area contributed by atoms with Crippen LogP contribution in [0.5, 0.6) is 0 Å². The summed E-state index contributed by atoms with van der Waals surface area (Å²) < 4.78 is 0. The summed E-state index contributed by atoms with van der Waals surface area (Å²) in [6, 6.07) is 0.506. The molecule has 3 rings (SSSR count). The maximum atomic E-state index is 12.5. The van der Waals surface area contributed by atoms with Crippen LogP contribution in [0.3, 0.4) is 0 Å². The predicted molar refractivity (Wildman–Crippen MR) is 90.8 cm³/mol. The molecule has 2 aliphatic rings. The molecule has 3 heterocycles. The van der Waals surface area contributed by atoms with E-state index in [1.165, 1.54) is 6.42 Å². The summed E-state index contributed by atoms with van der Waals surface area (Å²) in [5, 5.41) is 3.94. The average molecular weight is 338 g/mol. The lowest BCUT2D eigenvalue weighted by molar-refractivity contribution is 0.133. The van der Waals surface area contributed by atoms with Crippen molar-refractivity contribution in [2.75, 3.05) is 31.5 Å². The van der Waals surface area contributed by atoms with Crippen LogP contribution in [-0.2, 0) is 0 Å². The molecule has 0 aromatic carbocycles. The monoisotopic (exact) mass is 337 g/mol. The van der Waals surface area contributed by atoms with E-state index in [1.807, 2.05) is 16.7 Å². The van der Waals surface area contributed by atoms with Crippen LogP contribution < -0.4 is 5.32 Å². The van der Waals surface area contributed by atoms with Crippen LogP contribution in [0.4, 0.5) is 10.6 Å². The molecule has 2 saturated heterocycles. The molecule has 126 valence electrons. The minimum Gasteiger partial charge on any atom is -0.366 e. The lowest BCUT2D eigenvalue weighted by Crippen LogP contribution is -2.49. The van der Waals surface area contributed by atoms with Gasteiger partial charge in [-0.25, -0.2) is 14.8 Å². The van der Waals surface area contributed by atoms with Crippen molar-refractivity contribution in [3.05, 3.63) is 17.0 Å². The highest BCUT2D eigenvalue weighted by molar-refractivity contribution is 6.32. The Morgan fingerprint density at radius 1 is 1.17 bits per heavy atom. The van der Waals surface area contributed by atoms with Crippen LogP contribution in [-0.4, -0.2) is 58.0 Å². The van der Waals surface area contributed by atoms with Gasteiger partial charge in [-0.15, -0.1) is 0 Å². The fourth-order valence-electron chi connectivity index (χ4n) is 3.25. The lowest BCUT2D eigenvalue weighted by atomic mass is 10.1. The predicted octanol–water partition coefficient (Wildman–Crippen LogP) is 2.92. The molecule has 1 N–H and O–H groups in total. The number of aryl methyl sites for hydroxylation is 1. The second kappa shape index (κ2) is 7.34. The van der Waals surface area contributed by atoms with Gasteiger partial charge in [-0.3, -0.25) is 0 Å². The second-order valence-corrected chi connectivity index (χ2v) is 6.76. The van der Waals surface area contributed by atoms with Crippen molar-refractivity contribution in [2.24, 2.45) is 0 Å². The summed E-state index contributed by atoms with van der Waals surface area (Å²) in [6.07, 6.45) is 6.97. The first kappa shape index (κ1) is 16.3. The third kappa shape index (κ3) is 4.05. The van der Waals surface area contributed by atoms with Gasteiger partial charge in [-0.1, -0.05) is 11.6 Å². The first-order valence-corrected chi connectivity index (χ1v) is 8.81. The number of nitrogens with one attached hydrogen (secondary N) is 1. The summed E-state index contributed by atoms with van der Waals surface area (Å²) in [5.41, 5.74) is 0. The van der Waals surface area contributed by atoms with E-state index in [4.69, 9.17) is 11.6 Å². The summed E-state index contributed by atoms with van der Waals surface area (Å²) in [4.78, 5) is 24.9. The van der Waals surface area contributed by atoms with Crippen LogP contribution in [0.1, 0.15) is 37.9 Å². The van der Waals surface area contributed by atoms with Crippen LogP contribution in [0.15, 0.2) is 6.20 Å². The molecular weight excluding hydrogens is 314 g/mol. The third-order valence-electron chi connectivity index (χ3n) is 4.60. The van der Waals surface area contributed by atoms with Crippen molar-refractivity contribution in [3.8, 4) is 0 Å². The van der Waals surface area contributed by atoms with Crippen molar-refractivity contribution in [1.29, 1.82) is 0 Å². The molecule has 0 bridgehead atoms. The SMILES string of the molecule is Cc1ncc(Cl)c(NC2CCN(C(=O)N3CCCCC3)CC2)n1. The van der Waals surface area contributed by atoms with Crippen molar-refractivity contribution >= 4 is 23.4 Å². The maximum Gasteiger partial charge on any atom is 0.319 e. The summed E-state index contributed by atoms with van der Waals surface area (Å²) >= 11 is 6.14. The van der Waals surface area contributed by atoms with Gasteiger partial charge >= 0.3 is 6.03 Å². The molecule has 0 unspecified atom stereocenters. The molecule has 2 fully saturated rings. The van der Waals surface area contributed by atoms with Crippen LogP contribution in [0.25, 0.3) is 0 Å². The molecule has 2 aliphatic heterocycles. The highest BCUT2D eigenvalue weighted by atomic mass is 35.5. The zero-order valence-corrected chi connectivity index (χ0v) is 14.3. The third-order valence-corrected chi connectivity index (χ3v) is 4.87. The topological polar surface area (TPSA) is 61.4 Å². The van der Waals surface area contributed by atoms with Gasteiger partial charge in [0.05, 0.1) is 6.20 Å². The first-order chi connectivity index (χ1) is 11.1. The lowest BCUT2D eigenvalue weighted by Gasteiger charge is -2.37. The van der Waals surface area contributed by atoms with E-state index in [-0.39, 0.29) is 6.03 Å². The number of anilines is 1. The Balaban J connectivity index is 1.52. The minimum atomic E-state index is 0.207. The molecule has 0 atom stereocenters. The number of hydrogen-bond acceptors (Lipinski definition) is 4. The van der Waals surface area contributed by atoms with E-state index in [0.717, 1.165) is 51.9 Å². The number of aromatic nitrogens is 2. The summed E-state index contributed by atoms with van der Waals surface area (Å²) in [6.45, 7) is 5.24. The molecule has 2 amide bonds. The fraction of sp³-hybridized carbons (Fsp3) is 0.688. The molecule has 0 saturated carbocycles. The van der Waals surface area contributed by atoms with Gasteiger partial charge in [0.1, 0.15) is 16.7 Å². The van der Waals surface area contributed by atoms with Crippen molar-refractivity contribution in [1.82, 2.24) is 19.8 Å². The molecule has 0 aliphatic carbocycles. The Morgan fingerprint density at radius 2 is 1.83 bits per heavy atom. The quantitative estimate of drug-likeness (QED) is 0.901. The number of hydrogen-bond donors (Lipinski definition) is 1. The van der Waals surface area contributed by atoms with Gasteiger partial charge in [0, 0.05) is 32.2 Å². The Morgan fingerprint density at radius 3 is 2.52 bits per heavy atom. The van der Waals surface area contributed by atoms with Gasteiger partial charge < -0.3 is 15.1 Å². The van der Waals surface area contributed by atoms with Gasteiger partial charge in [-0.2, -0.15) is 0 Å². The summed E-state index contributed by atoms with van der Waals surface area (Å²) in [5.74, 6) is 1.40. The number of carbonyl (C=O) groups is 1. The summed E-state index contributed by atoms with van der Waals surface area (Å²) in [7, 11) is 0. The standard InChI is InChI=1S/C16H24ClN5O/c1-12-18-11-14(17)15(19-12)20-13-5-9-22(10-6-13)16(23)21-7-3-2-4-8-21/h11,13H,2-10H2,1H3,(H,18,19,20). The Hall–Kier alpha value is -1.56. The Kier molecular flexibility index (Phi) is 5.20. The molecule has 0 radical (unpaired) electrons. The van der Waals surface area contributed by atoms with Gasteiger partial charge in [0.15, 0.2) is 0 Å². The van der Waals surface area contributed by atoms with Crippen LogP contribution in [0, 0.1) is 6.92 Å². The highest BCUT2D eigenvalue weighted by Gasteiger charge is 2.27. The number of likely N-dealkylation sites (tertiary alicyclic amines) is 2. The number of rotatable bonds is 2. The smallest absolute Gasteiger partial charge is 0.319 e. The second-order valence-electron chi connectivity index (χ2n) is 6.35. The molecule has 1 aromatic rings. The maximum absolute atomic E-state index is 12.5. The van der Waals surface area contributed by atoms with Crippen molar-refractivity contribution in [2.45, 2.75) is 45.1 Å². The van der Waals surface area contributed by atoms with E-state index in [1.54, 1.807) is 6.20 Å². The first-order valence-electron chi connectivity index (χ1n) is 8.43. The fourth-order valence-corrected chi connectivity index (χ4v) is 3.40. The molecule has 0 spiro atoms. The molecule has 23 heavy (non-hydrogen) atoms. The number of piperidine rings is 2. The van der Waals surface area contributed by atoms with Crippen molar-refractivity contribution in [3.63, 3.8) is 0 Å². The van der Waals surface area contributed by atoms with Gasteiger partial charge in [-0.05, 0) is 39.0 Å². The van der Waals surface area contributed by atoms with E-state index in [0.29, 0.717) is 22.7 Å². The Labute approximate surface area is 142 Å². The Bertz CT molecular complexity index is 553. The van der Waals surface area contributed by atoms with Gasteiger partial charge in [0.25, 0.3) is 0 Å². The average Bonchev–Trinajstić information content (AvgIpc) is 2.59. The molecular formula is C16H24ClN5O.